The minimum atomic E-state index is -4.29. The summed E-state index contributed by atoms with van der Waals surface area (Å²) in [5.41, 5.74) is -1.59. The summed E-state index contributed by atoms with van der Waals surface area (Å²) < 4.78 is 117. The number of alkyl halides is 6. The number of aliphatic carboxylic acids is 1. The van der Waals surface area contributed by atoms with Crippen molar-refractivity contribution in [2.24, 2.45) is 5.41 Å². The van der Waals surface area contributed by atoms with Crippen LogP contribution in [0.2, 0.25) is 0 Å². The number of hydrogen-bond acceptors (Lipinski definition) is 6. The van der Waals surface area contributed by atoms with E-state index in [2.05, 4.69) is 0 Å². The van der Waals surface area contributed by atoms with E-state index >= 15 is 0 Å². The lowest BCUT2D eigenvalue weighted by molar-refractivity contribution is -0.199. The number of carboxylic acids is 1. The largest absolute Gasteiger partial charge is 0.491 e. The Labute approximate surface area is 251 Å². The first-order chi connectivity index (χ1) is 19.8. The van der Waals surface area contributed by atoms with Crippen LogP contribution in [0, 0.1) is 5.41 Å². The van der Waals surface area contributed by atoms with Gasteiger partial charge in [-0.1, -0.05) is 12.8 Å². The lowest BCUT2D eigenvalue weighted by Gasteiger charge is -2.43. The van der Waals surface area contributed by atoms with E-state index in [9.17, 15) is 44.7 Å². The van der Waals surface area contributed by atoms with Gasteiger partial charge < -0.3 is 14.7 Å². The number of fused-ring (bicyclic) bond motifs is 1. The van der Waals surface area contributed by atoms with Crippen LogP contribution < -0.4 is 9.64 Å². The molecule has 242 valence electrons. The number of halogens is 6. The van der Waals surface area contributed by atoms with Crippen LogP contribution in [0.25, 0.3) is 0 Å². The molecular formula is C28H36F6N2O5S2. The monoisotopic (exact) mass is 658 g/mol. The summed E-state index contributed by atoms with van der Waals surface area (Å²) in [5.74, 6) is -10.6. The molecule has 1 heterocycles. The number of anilines is 1. The Morgan fingerprint density at radius 1 is 1.12 bits per heavy atom. The quantitative estimate of drug-likeness (QED) is 0.282. The van der Waals surface area contributed by atoms with Crippen LogP contribution in [0.3, 0.4) is 0 Å². The van der Waals surface area contributed by atoms with Crippen LogP contribution in [0.1, 0.15) is 71.1 Å². The maximum absolute atomic E-state index is 14.0. The molecule has 1 unspecified atom stereocenters. The highest BCUT2D eigenvalue weighted by Gasteiger charge is 2.62. The van der Waals surface area contributed by atoms with Gasteiger partial charge in [0.1, 0.15) is 22.7 Å². The van der Waals surface area contributed by atoms with E-state index < -0.39 is 89.2 Å². The molecule has 0 aromatic heterocycles. The number of nitrogens with zero attached hydrogens (tertiary/aromatic N) is 2. The predicted octanol–water partition coefficient (Wildman–Crippen LogP) is 6.64. The van der Waals surface area contributed by atoms with E-state index in [0.29, 0.717) is 10.6 Å². The molecule has 3 aliphatic carbocycles. The van der Waals surface area contributed by atoms with Crippen molar-refractivity contribution in [3.63, 3.8) is 0 Å². The second-order valence-electron chi connectivity index (χ2n) is 12.7. The van der Waals surface area contributed by atoms with Gasteiger partial charge in [-0.25, -0.2) is 34.8 Å². The number of thioether (sulfide) groups is 1. The molecule has 1 N–H and O–H groups in total. The van der Waals surface area contributed by atoms with Crippen LogP contribution in [-0.2, 0) is 14.8 Å². The highest BCUT2D eigenvalue weighted by molar-refractivity contribution is 8.00. The van der Waals surface area contributed by atoms with E-state index in [1.165, 1.54) is 19.2 Å². The smallest absolute Gasteiger partial charge is 0.313 e. The summed E-state index contributed by atoms with van der Waals surface area (Å²) in [6.45, 7) is 0.259. The van der Waals surface area contributed by atoms with Crippen molar-refractivity contribution in [3.8, 4) is 5.75 Å². The molecular weight excluding hydrogens is 622 g/mol. The normalized spacial score (nSPS) is 26.7. The van der Waals surface area contributed by atoms with Crippen molar-refractivity contribution in [2.45, 2.75) is 116 Å². The first-order valence-electron chi connectivity index (χ1n) is 14.4. The van der Waals surface area contributed by atoms with E-state index in [0.717, 1.165) is 48.7 Å². The fourth-order valence-corrected chi connectivity index (χ4v) is 9.55. The Hall–Kier alpha value is -1.87. The Morgan fingerprint density at radius 3 is 2.28 bits per heavy atom. The minimum absolute atomic E-state index is 0.0739. The molecule has 1 aromatic rings. The van der Waals surface area contributed by atoms with Gasteiger partial charge in [0.2, 0.25) is 21.9 Å². The van der Waals surface area contributed by atoms with E-state index in [1.54, 1.807) is 0 Å². The van der Waals surface area contributed by atoms with Gasteiger partial charge >= 0.3 is 5.97 Å². The van der Waals surface area contributed by atoms with Crippen LogP contribution in [0.15, 0.2) is 21.9 Å². The summed E-state index contributed by atoms with van der Waals surface area (Å²) in [5, 5.41) is 9.16. The zero-order valence-electron chi connectivity index (χ0n) is 23.9. The molecule has 43 heavy (non-hydrogen) atoms. The fourth-order valence-electron chi connectivity index (χ4n) is 6.55. The summed E-state index contributed by atoms with van der Waals surface area (Å²) in [4.78, 5) is 13.9. The molecule has 0 bridgehead atoms. The highest BCUT2D eigenvalue weighted by atomic mass is 32.2. The molecule has 0 radical (unpaired) electrons. The zero-order chi connectivity index (χ0) is 31.6. The first kappa shape index (κ1) is 32.5. The van der Waals surface area contributed by atoms with Gasteiger partial charge in [-0.2, -0.15) is 4.31 Å². The Morgan fingerprint density at radius 2 is 1.74 bits per heavy atom. The average Bonchev–Trinajstić information content (AvgIpc) is 3.36. The Balaban J connectivity index is 1.56. The van der Waals surface area contributed by atoms with Crippen LogP contribution in [-0.4, -0.2) is 79.1 Å². The van der Waals surface area contributed by atoms with Gasteiger partial charge in [0.15, 0.2) is 0 Å². The SMILES string of the molecule is CN1C(CCC(C)(F)F)CN(C2CCCC2)c2cc(SC3CC(F)(F)C3)c(OCC3(C(=O)O)CC(F)(F)C3)cc2S1(=O)=O. The minimum Gasteiger partial charge on any atom is -0.491 e. The standard InChI is InChI=1S/C28H36F6N2O5S2/c1-25(29,30)8-7-18-13-36(17-5-3-4-6-17)20-9-22(42-19-11-27(31,32)12-19)21(10-23(20)43(39,40)35(18)2)41-16-26(24(37)38)14-28(33,34)15-26/h9-10,17-19H,3-8,11-16H2,1-2H3,(H,37,38). The summed E-state index contributed by atoms with van der Waals surface area (Å²) in [6, 6.07) is 1.89. The molecule has 5 rings (SSSR count). The number of carboxylic acid groups (broad SMARTS) is 1. The van der Waals surface area contributed by atoms with Crippen molar-refractivity contribution >= 4 is 33.4 Å². The maximum atomic E-state index is 14.0. The van der Waals surface area contributed by atoms with Gasteiger partial charge in [0.05, 0.1) is 10.6 Å². The number of rotatable bonds is 10. The van der Waals surface area contributed by atoms with Crippen molar-refractivity contribution in [1.29, 1.82) is 0 Å². The highest BCUT2D eigenvalue weighted by Crippen LogP contribution is 2.54. The lowest BCUT2D eigenvalue weighted by Crippen LogP contribution is -2.54. The molecule has 0 amide bonds. The van der Waals surface area contributed by atoms with Crippen LogP contribution in [0.5, 0.6) is 5.75 Å². The van der Waals surface area contributed by atoms with Crippen molar-refractivity contribution in [1.82, 2.24) is 4.31 Å². The van der Waals surface area contributed by atoms with Crippen molar-refractivity contribution in [2.75, 3.05) is 25.1 Å². The zero-order valence-corrected chi connectivity index (χ0v) is 25.6. The van der Waals surface area contributed by atoms with Crippen LogP contribution in [0.4, 0.5) is 32.0 Å². The average molecular weight is 659 g/mol. The molecule has 1 atom stereocenters. The molecule has 1 aromatic carbocycles. The number of hydrogen-bond donors (Lipinski definition) is 1. The maximum Gasteiger partial charge on any atom is 0.313 e. The molecule has 1 aliphatic heterocycles. The summed E-state index contributed by atoms with van der Waals surface area (Å²) >= 11 is 1.05. The molecule has 4 aliphatic rings. The van der Waals surface area contributed by atoms with Crippen LogP contribution >= 0.6 is 11.8 Å². The number of carbonyl (C=O) groups is 1. The van der Waals surface area contributed by atoms with Gasteiger partial charge in [0.25, 0.3) is 5.92 Å². The number of likely N-dealkylation sites (N-methyl/N-ethyl adjacent to an activating group) is 1. The third kappa shape index (κ3) is 6.73. The molecule has 15 heteroatoms. The second-order valence-corrected chi connectivity index (χ2v) is 16.0. The van der Waals surface area contributed by atoms with Gasteiger partial charge in [0, 0.05) is 69.1 Å². The van der Waals surface area contributed by atoms with E-state index in [1.807, 2.05) is 4.90 Å². The summed E-state index contributed by atoms with van der Waals surface area (Å²) in [7, 11) is -2.97. The number of sulfonamides is 1. The van der Waals surface area contributed by atoms with Gasteiger partial charge in [-0.3, -0.25) is 4.79 Å². The Bertz CT molecular complexity index is 1330. The first-order valence-corrected chi connectivity index (χ1v) is 16.7. The molecule has 0 spiro atoms. The third-order valence-corrected chi connectivity index (χ3v) is 12.3. The molecule has 3 fully saturated rings. The predicted molar refractivity (Wildman–Crippen MR) is 148 cm³/mol. The van der Waals surface area contributed by atoms with Gasteiger partial charge in [-0.05, 0) is 32.3 Å². The molecule has 0 saturated heterocycles. The number of ether oxygens (including phenoxy) is 1. The topological polar surface area (TPSA) is 87.2 Å². The second kappa shape index (κ2) is 11.2. The number of benzene rings is 1. The van der Waals surface area contributed by atoms with Crippen molar-refractivity contribution < 1.29 is 49.4 Å². The van der Waals surface area contributed by atoms with E-state index in [-0.39, 0.29) is 29.7 Å². The lowest BCUT2D eigenvalue weighted by atomic mass is 9.66. The fraction of sp³-hybridized carbons (Fsp3) is 0.750. The third-order valence-electron chi connectivity index (χ3n) is 9.09. The van der Waals surface area contributed by atoms with Gasteiger partial charge in [-0.15, -0.1) is 11.8 Å². The van der Waals surface area contributed by atoms with Crippen molar-refractivity contribution in [3.05, 3.63) is 12.1 Å². The molecule has 3 saturated carbocycles. The summed E-state index contributed by atoms with van der Waals surface area (Å²) in [6.07, 6.45) is -0.0453. The Kier molecular flexibility index (Phi) is 8.46. The van der Waals surface area contributed by atoms with E-state index in [4.69, 9.17) is 4.74 Å². The molecule has 7 nitrogen and oxygen atoms in total.